The highest BCUT2D eigenvalue weighted by atomic mass is 16.3. The number of aromatic amines is 1. The van der Waals surface area contributed by atoms with Gasteiger partial charge in [0.1, 0.15) is 5.75 Å². The van der Waals surface area contributed by atoms with E-state index in [1.165, 1.54) is 21.9 Å². The van der Waals surface area contributed by atoms with Gasteiger partial charge in [-0.15, -0.1) is 0 Å². The third-order valence-electron chi connectivity index (χ3n) is 3.80. The molecule has 0 aliphatic heterocycles. The molecule has 1 heterocycles. The van der Waals surface area contributed by atoms with Crippen LogP contribution >= 0.6 is 0 Å². The average Bonchev–Trinajstić information content (AvgIpc) is 2.77. The van der Waals surface area contributed by atoms with Crippen LogP contribution in [0.4, 0.5) is 0 Å². The molecule has 3 rings (SSSR count). The minimum absolute atomic E-state index is 0.360. The van der Waals surface area contributed by atoms with Gasteiger partial charge >= 0.3 is 0 Å². The van der Waals surface area contributed by atoms with Gasteiger partial charge in [0.2, 0.25) is 0 Å². The van der Waals surface area contributed by atoms with E-state index in [1.807, 2.05) is 6.07 Å². The molecule has 0 bridgehead atoms. The molecule has 20 heavy (non-hydrogen) atoms. The van der Waals surface area contributed by atoms with Gasteiger partial charge in [0.15, 0.2) is 0 Å². The quantitative estimate of drug-likeness (QED) is 0.639. The Balaban J connectivity index is 2.34. The number of aromatic nitrogens is 1. The first kappa shape index (κ1) is 12.8. The van der Waals surface area contributed by atoms with Gasteiger partial charge in [-0.3, -0.25) is 0 Å². The minimum atomic E-state index is 0.360. The maximum atomic E-state index is 10.2. The molecule has 102 valence electrons. The van der Waals surface area contributed by atoms with Crippen LogP contribution in [0.15, 0.2) is 42.0 Å². The molecular formula is C18H19NO. The summed E-state index contributed by atoms with van der Waals surface area (Å²) in [7, 11) is 0. The number of phenols is 1. The van der Waals surface area contributed by atoms with Crippen molar-refractivity contribution in [1.29, 1.82) is 0 Å². The molecule has 0 aliphatic carbocycles. The summed E-state index contributed by atoms with van der Waals surface area (Å²) in [5, 5.41) is 12.6. The topological polar surface area (TPSA) is 36.0 Å². The maximum Gasteiger partial charge on any atom is 0.121 e. The number of rotatable bonds is 2. The summed E-state index contributed by atoms with van der Waals surface area (Å²) >= 11 is 0. The van der Waals surface area contributed by atoms with Crippen molar-refractivity contribution in [2.24, 2.45) is 0 Å². The Morgan fingerprint density at radius 2 is 2.00 bits per heavy atom. The number of nitrogens with one attached hydrogen (secondary N) is 1. The number of phenolic OH excluding ortho intramolecular Hbond substituents is 1. The molecule has 0 saturated carbocycles. The zero-order valence-electron chi connectivity index (χ0n) is 12.1. The van der Waals surface area contributed by atoms with E-state index in [0.29, 0.717) is 5.75 Å². The van der Waals surface area contributed by atoms with Crippen LogP contribution in [-0.4, -0.2) is 10.1 Å². The third-order valence-corrected chi connectivity index (χ3v) is 3.80. The molecule has 0 aliphatic rings. The van der Waals surface area contributed by atoms with E-state index in [2.05, 4.69) is 50.0 Å². The van der Waals surface area contributed by atoms with Crippen LogP contribution in [0.25, 0.3) is 21.8 Å². The van der Waals surface area contributed by atoms with E-state index in [4.69, 9.17) is 0 Å². The van der Waals surface area contributed by atoms with E-state index >= 15 is 0 Å². The van der Waals surface area contributed by atoms with Crippen molar-refractivity contribution in [3.63, 3.8) is 0 Å². The number of fused-ring (bicyclic) bond motifs is 3. The number of hydrogen-bond acceptors (Lipinski definition) is 1. The lowest BCUT2D eigenvalue weighted by atomic mass is 10.0. The van der Waals surface area contributed by atoms with E-state index in [-0.39, 0.29) is 0 Å². The number of benzene rings is 2. The summed E-state index contributed by atoms with van der Waals surface area (Å²) in [4.78, 5) is 3.46. The van der Waals surface area contributed by atoms with Gasteiger partial charge in [-0.2, -0.15) is 0 Å². The van der Waals surface area contributed by atoms with Crippen molar-refractivity contribution in [3.05, 3.63) is 53.1 Å². The molecule has 2 N–H and O–H groups in total. The van der Waals surface area contributed by atoms with Crippen LogP contribution in [0.2, 0.25) is 0 Å². The number of aromatic hydroxyl groups is 1. The Kier molecular flexibility index (Phi) is 3.01. The molecule has 0 saturated heterocycles. The Hall–Kier alpha value is -2.22. The van der Waals surface area contributed by atoms with Gasteiger partial charge in [0.05, 0.1) is 5.52 Å². The molecule has 0 spiro atoms. The zero-order chi connectivity index (χ0) is 14.3. The van der Waals surface area contributed by atoms with Gasteiger partial charge in [-0.1, -0.05) is 23.8 Å². The standard InChI is InChI=1S/C18H19NO/c1-11(2)7-8-13-16(20)10-9-14-17-12(3)5-4-6-15(17)19-18(13)14/h4-7,9-10,19-20H,8H2,1-3H3. The SMILES string of the molecule is CC(C)=CCc1c(O)ccc2c1[nH]c1cccc(C)c12. The molecule has 3 aromatic rings. The second kappa shape index (κ2) is 4.71. The first-order valence-corrected chi connectivity index (χ1v) is 6.93. The van der Waals surface area contributed by atoms with Gasteiger partial charge in [-0.05, 0) is 51.0 Å². The number of aryl methyl sites for hydroxylation is 1. The Bertz CT molecular complexity index is 820. The van der Waals surface area contributed by atoms with Crippen molar-refractivity contribution in [3.8, 4) is 5.75 Å². The maximum absolute atomic E-state index is 10.2. The van der Waals surface area contributed by atoms with Crippen molar-refractivity contribution in [1.82, 2.24) is 4.98 Å². The first-order valence-electron chi connectivity index (χ1n) is 6.93. The Morgan fingerprint density at radius 3 is 2.75 bits per heavy atom. The predicted octanol–water partition coefficient (Wildman–Crippen LogP) is 4.84. The van der Waals surface area contributed by atoms with Crippen LogP contribution in [0, 0.1) is 6.92 Å². The second-order valence-electron chi connectivity index (χ2n) is 5.59. The van der Waals surface area contributed by atoms with Crippen molar-refractivity contribution in [2.45, 2.75) is 27.2 Å². The van der Waals surface area contributed by atoms with Crippen LogP contribution in [0.1, 0.15) is 25.0 Å². The molecular weight excluding hydrogens is 246 g/mol. The summed E-state index contributed by atoms with van der Waals surface area (Å²) in [5.74, 6) is 0.360. The largest absolute Gasteiger partial charge is 0.508 e. The third kappa shape index (κ3) is 1.97. The average molecular weight is 265 g/mol. The van der Waals surface area contributed by atoms with Crippen LogP contribution < -0.4 is 0 Å². The zero-order valence-corrected chi connectivity index (χ0v) is 12.1. The van der Waals surface area contributed by atoms with Crippen molar-refractivity contribution in [2.75, 3.05) is 0 Å². The fourth-order valence-electron chi connectivity index (χ4n) is 2.76. The smallest absolute Gasteiger partial charge is 0.121 e. The lowest BCUT2D eigenvalue weighted by Crippen LogP contribution is -1.86. The van der Waals surface area contributed by atoms with Crippen LogP contribution in [0.5, 0.6) is 5.75 Å². The van der Waals surface area contributed by atoms with E-state index in [9.17, 15) is 5.11 Å². The molecule has 2 nitrogen and oxygen atoms in total. The van der Waals surface area contributed by atoms with Gasteiger partial charge in [0, 0.05) is 21.9 Å². The predicted molar refractivity (Wildman–Crippen MR) is 85.3 cm³/mol. The Morgan fingerprint density at radius 1 is 1.20 bits per heavy atom. The first-order chi connectivity index (χ1) is 9.58. The summed E-state index contributed by atoms with van der Waals surface area (Å²) in [6.45, 7) is 6.28. The summed E-state index contributed by atoms with van der Waals surface area (Å²) in [6, 6.07) is 10.1. The summed E-state index contributed by atoms with van der Waals surface area (Å²) < 4.78 is 0. The van der Waals surface area contributed by atoms with E-state index < -0.39 is 0 Å². The summed E-state index contributed by atoms with van der Waals surface area (Å²) in [6.07, 6.45) is 2.89. The van der Waals surface area contributed by atoms with Crippen molar-refractivity contribution < 1.29 is 5.11 Å². The fourth-order valence-corrected chi connectivity index (χ4v) is 2.76. The molecule has 0 unspecified atom stereocenters. The van der Waals surface area contributed by atoms with Crippen LogP contribution in [-0.2, 0) is 6.42 Å². The monoisotopic (exact) mass is 265 g/mol. The van der Waals surface area contributed by atoms with E-state index in [0.717, 1.165) is 23.0 Å². The molecule has 2 heteroatoms. The lowest BCUT2D eigenvalue weighted by molar-refractivity contribution is 0.471. The number of allylic oxidation sites excluding steroid dienone is 2. The van der Waals surface area contributed by atoms with E-state index in [1.54, 1.807) is 6.07 Å². The normalized spacial score (nSPS) is 11.2. The molecule has 0 radical (unpaired) electrons. The number of hydrogen-bond donors (Lipinski definition) is 2. The highest BCUT2D eigenvalue weighted by Crippen LogP contribution is 2.34. The van der Waals surface area contributed by atoms with Gasteiger partial charge in [0.25, 0.3) is 0 Å². The van der Waals surface area contributed by atoms with Crippen LogP contribution in [0.3, 0.4) is 0 Å². The second-order valence-corrected chi connectivity index (χ2v) is 5.59. The van der Waals surface area contributed by atoms with Gasteiger partial charge < -0.3 is 10.1 Å². The minimum Gasteiger partial charge on any atom is -0.508 e. The fraction of sp³-hybridized carbons (Fsp3) is 0.222. The Labute approximate surface area is 118 Å². The molecule has 0 amide bonds. The molecule has 1 aromatic heterocycles. The van der Waals surface area contributed by atoms with Gasteiger partial charge in [-0.25, -0.2) is 0 Å². The summed E-state index contributed by atoms with van der Waals surface area (Å²) in [5.41, 5.74) is 5.66. The molecule has 0 atom stereocenters. The van der Waals surface area contributed by atoms with Crippen molar-refractivity contribution >= 4 is 21.8 Å². The number of H-pyrrole nitrogens is 1. The highest BCUT2D eigenvalue weighted by molar-refractivity contribution is 6.10. The lowest BCUT2D eigenvalue weighted by Gasteiger charge is -2.04. The molecule has 0 fully saturated rings. The highest BCUT2D eigenvalue weighted by Gasteiger charge is 2.12. The molecule has 2 aromatic carbocycles.